The van der Waals surface area contributed by atoms with Crippen molar-refractivity contribution < 1.29 is 13.5 Å². The number of pyridine rings is 1. The Labute approximate surface area is 245 Å². The molecule has 7 rings (SSSR count). The predicted molar refractivity (Wildman–Crippen MR) is 162 cm³/mol. The molecule has 0 saturated carbocycles. The highest BCUT2D eigenvalue weighted by molar-refractivity contribution is 7.22. The quantitative estimate of drug-likeness (QED) is 0.292. The molecule has 12 heteroatoms. The molecule has 1 unspecified atom stereocenters. The molecule has 2 saturated heterocycles. The van der Waals surface area contributed by atoms with Crippen molar-refractivity contribution >= 4 is 43.4 Å². The second kappa shape index (κ2) is 11.0. The Morgan fingerprint density at radius 2 is 1.93 bits per heavy atom. The Hall–Kier alpha value is -4.00. The highest BCUT2D eigenvalue weighted by Gasteiger charge is 2.27. The number of rotatable bonds is 6. The summed E-state index contributed by atoms with van der Waals surface area (Å²) in [6, 6.07) is 8.83. The average molecular weight is 589 g/mol. The molecular formula is C30H30F2N8OS. The molecule has 1 atom stereocenters. The second-order valence-electron chi connectivity index (χ2n) is 10.7. The van der Waals surface area contributed by atoms with E-state index in [4.69, 9.17) is 15.5 Å². The van der Waals surface area contributed by atoms with E-state index < -0.39 is 11.6 Å². The highest BCUT2D eigenvalue weighted by Crippen LogP contribution is 2.44. The van der Waals surface area contributed by atoms with E-state index in [0.29, 0.717) is 53.1 Å². The van der Waals surface area contributed by atoms with Gasteiger partial charge in [-0.1, -0.05) is 17.4 Å². The summed E-state index contributed by atoms with van der Waals surface area (Å²) < 4.78 is 38.3. The minimum atomic E-state index is -0.563. The van der Waals surface area contributed by atoms with Crippen molar-refractivity contribution in [1.82, 2.24) is 30.2 Å². The Morgan fingerprint density at radius 3 is 2.69 bits per heavy atom. The monoisotopic (exact) mass is 588 g/mol. The number of benzene rings is 2. The van der Waals surface area contributed by atoms with E-state index in [9.17, 15) is 4.39 Å². The van der Waals surface area contributed by atoms with Crippen molar-refractivity contribution in [3.8, 4) is 28.3 Å². The number of thiazole rings is 1. The molecule has 5 heterocycles. The fraction of sp³-hybridized carbons (Fsp3) is 0.333. The molecule has 0 radical (unpaired) electrons. The van der Waals surface area contributed by atoms with Crippen molar-refractivity contribution in [2.45, 2.75) is 18.9 Å². The van der Waals surface area contributed by atoms with Crippen LogP contribution in [0.25, 0.3) is 43.4 Å². The third-order valence-corrected chi connectivity index (χ3v) is 9.03. The van der Waals surface area contributed by atoms with Gasteiger partial charge in [0.1, 0.15) is 23.8 Å². The van der Waals surface area contributed by atoms with Crippen LogP contribution in [0.5, 0.6) is 6.01 Å². The molecule has 3 N–H and O–H groups in total. The van der Waals surface area contributed by atoms with E-state index >= 15 is 4.39 Å². The summed E-state index contributed by atoms with van der Waals surface area (Å²) in [5.41, 5.74) is 8.38. The van der Waals surface area contributed by atoms with Crippen LogP contribution in [0.1, 0.15) is 12.8 Å². The lowest BCUT2D eigenvalue weighted by Crippen LogP contribution is -2.44. The van der Waals surface area contributed by atoms with Gasteiger partial charge in [-0.3, -0.25) is 4.98 Å². The molecule has 0 spiro atoms. The first-order valence-corrected chi connectivity index (χ1v) is 14.9. The molecule has 0 bridgehead atoms. The average Bonchev–Trinajstić information content (AvgIpc) is 3.62. The number of likely N-dealkylation sites (N-methyl/N-ethyl adjacent to an activating group) is 1. The molecule has 42 heavy (non-hydrogen) atoms. The highest BCUT2D eigenvalue weighted by atomic mass is 32.1. The first-order valence-electron chi connectivity index (χ1n) is 14.1. The SMILES string of the molecule is CN1CCCC1COc1nc(N2CCNCC2)c2cc(-c3cccnc3)c(-c3ccc(F)c4sc(N)nc34)c(F)c2n1. The van der Waals surface area contributed by atoms with E-state index in [1.807, 2.05) is 12.1 Å². The van der Waals surface area contributed by atoms with Crippen LogP contribution < -0.4 is 20.7 Å². The second-order valence-corrected chi connectivity index (χ2v) is 11.8. The minimum absolute atomic E-state index is 0.136. The number of nitrogens with two attached hydrogens (primary N) is 1. The third-order valence-electron chi connectivity index (χ3n) is 8.14. The number of hydrogen-bond donors (Lipinski definition) is 2. The smallest absolute Gasteiger partial charge is 0.319 e. The van der Waals surface area contributed by atoms with Gasteiger partial charge in [-0.2, -0.15) is 9.97 Å². The van der Waals surface area contributed by atoms with Crippen molar-refractivity contribution in [3.05, 3.63) is 54.4 Å². The number of nitrogens with one attached hydrogen (secondary N) is 1. The molecule has 2 fully saturated rings. The fourth-order valence-electron chi connectivity index (χ4n) is 5.94. The van der Waals surface area contributed by atoms with E-state index in [-0.39, 0.29) is 33.0 Å². The molecule has 3 aromatic heterocycles. The number of aromatic nitrogens is 4. The largest absolute Gasteiger partial charge is 0.462 e. The molecule has 2 aliphatic rings. The van der Waals surface area contributed by atoms with Crippen LogP contribution in [0.4, 0.5) is 19.7 Å². The van der Waals surface area contributed by atoms with Gasteiger partial charge in [0.25, 0.3) is 0 Å². The number of hydrogen-bond acceptors (Lipinski definition) is 10. The normalized spacial score (nSPS) is 17.9. The molecular weight excluding hydrogens is 558 g/mol. The van der Waals surface area contributed by atoms with Gasteiger partial charge < -0.3 is 25.6 Å². The van der Waals surface area contributed by atoms with Gasteiger partial charge in [0, 0.05) is 66.7 Å². The maximum absolute atomic E-state index is 17.1. The van der Waals surface area contributed by atoms with Gasteiger partial charge in [-0.25, -0.2) is 13.8 Å². The standard InChI is InChI=1S/C30H30F2N8OS/c1-39-11-3-5-18(39)16-41-30-37-25-21(28(38-30)40-12-9-34-10-13-40)14-20(17-4-2-8-35-15-17)23(24(25)32)19-6-7-22(31)27-26(19)36-29(33)42-27/h2,4,6-8,14-15,18,34H,3,5,9-13,16H2,1H3,(H2,33,36). The van der Waals surface area contributed by atoms with Crippen LogP contribution in [0.15, 0.2) is 42.7 Å². The van der Waals surface area contributed by atoms with Crippen molar-refractivity contribution in [1.29, 1.82) is 0 Å². The van der Waals surface area contributed by atoms with Crippen molar-refractivity contribution in [3.63, 3.8) is 0 Å². The van der Waals surface area contributed by atoms with Crippen molar-refractivity contribution in [2.24, 2.45) is 0 Å². The molecule has 0 amide bonds. The fourth-order valence-corrected chi connectivity index (χ4v) is 6.70. The molecule has 2 aromatic carbocycles. The number of likely N-dealkylation sites (tertiary alicyclic amines) is 1. The van der Waals surface area contributed by atoms with E-state index in [1.54, 1.807) is 24.5 Å². The van der Waals surface area contributed by atoms with E-state index in [1.165, 1.54) is 6.07 Å². The lowest BCUT2D eigenvalue weighted by atomic mass is 9.92. The summed E-state index contributed by atoms with van der Waals surface area (Å²) in [5, 5.41) is 4.14. The number of halogens is 2. The predicted octanol–water partition coefficient (Wildman–Crippen LogP) is 4.71. The number of ether oxygens (including phenoxy) is 1. The van der Waals surface area contributed by atoms with Crippen LogP contribution in [0.3, 0.4) is 0 Å². The summed E-state index contributed by atoms with van der Waals surface area (Å²) in [6.07, 6.45) is 5.48. The zero-order valence-corrected chi connectivity index (χ0v) is 23.9. The number of nitrogens with zero attached hydrogens (tertiary/aromatic N) is 6. The summed E-state index contributed by atoms with van der Waals surface area (Å²) >= 11 is 1.04. The number of fused-ring (bicyclic) bond motifs is 2. The molecule has 0 aliphatic carbocycles. The van der Waals surface area contributed by atoms with Gasteiger partial charge in [-0.05, 0) is 56.3 Å². The molecule has 9 nitrogen and oxygen atoms in total. The van der Waals surface area contributed by atoms with Gasteiger partial charge in [0.2, 0.25) is 0 Å². The summed E-state index contributed by atoms with van der Waals surface area (Å²) in [5.74, 6) is -0.399. The van der Waals surface area contributed by atoms with E-state index in [0.717, 1.165) is 43.8 Å². The lowest BCUT2D eigenvalue weighted by molar-refractivity contribution is 0.188. The van der Waals surface area contributed by atoms with Gasteiger partial charge in [-0.15, -0.1) is 0 Å². The zero-order valence-electron chi connectivity index (χ0n) is 23.1. The van der Waals surface area contributed by atoms with Gasteiger partial charge in [0.05, 0.1) is 10.2 Å². The maximum atomic E-state index is 17.1. The van der Waals surface area contributed by atoms with Crippen LogP contribution in [-0.4, -0.2) is 77.3 Å². The Bertz CT molecular complexity index is 1780. The molecule has 2 aliphatic heterocycles. The Balaban J connectivity index is 1.48. The van der Waals surface area contributed by atoms with Crippen LogP contribution in [0, 0.1) is 11.6 Å². The first-order chi connectivity index (χ1) is 20.5. The maximum Gasteiger partial charge on any atom is 0.319 e. The van der Waals surface area contributed by atoms with Gasteiger partial charge in [0.15, 0.2) is 10.9 Å². The summed E-state index contributed by atoms with van der Waals surface area (Å²) in [7, 11) is 2.08. The topological polar surface area (TPSA) is 105 Å². The minimum Gasteiger partial charge on any atom is -0.462 e. The number of piperazine rings is 1. The van der Waals surface area contributed by atoms with Crippen LogP contribution in [-0.2, 0) is 0 Å². The van der Waals surface area contributed by atoms with Crippen molar-refractivity contribution in [2.75, 3.05) is 57.0 Å². The summed E-state index contributed by atoms with van der Waals surface area (Å²) in [6.45, 7) is 4.41. The van der Waals surface area contributed by atoms with E-state index in [2.05, 4.69) is 37.1 Å². The first kappa shape index (κ1) is 26.9. The third kappa shape index (κ3) is 4.79. The summed E-state index contributed by atoms with van der Waals surface area (Å²) in [4.78, 5) is 22.6. The van der Waals surface area contributed by atoms with Crippen LogP contribution in [0.2, 0.25) is 0 Å². The number of anilines is 2. The molecule has 216 valence electrons. The molecule has 5 aromatic rings. The zero-order chi connectivity index (χ0) is 28.8. The Kier molecular flexibility index (Phi) is 7.04. The number of nitrogen functional groups attached to an aromatic ring is 1. The Morgan fingerprint density at radius 1 is 1.07 bits per heavy atom. The lowest BCUT2D eigenvalue weighted by Gasteiger charge is -2.30. The van der Waals surface area contributed by atoms with Gasteiger partial charge >= 0.3 is 6.01 Å². The van der Waals surface area contributed by atoms with Crippen LogP contribution >= 0.6 is 11.3 Å².